The van der Waals surface area contributed by atoms with Crippen molar-refractivity contribution in [3.05, 3.63) is 118 Å². The Morgan fingerprint density at radius 2 is 1.77 bits per heavy atom. The third kappa shape index (κ3) is 5.13. The molecule has 3 aromatic carbocycles. The lowest BCUT2D eigenvalue weighted by atomic mass is 9.93. The number of allylic oxidation sites excluding steroid dienone is 4. The van der Waals surface area contributed by atoms with E-state index < -0.39 is 38.3 Å². The van der Waals surface area contributed by atoms with Gasteiger partial charge in [0.15, 0.2) is 5.78 Å². The zero-order valence-electron chi connectivity index (χ0n) is 19.9. The molecule has 1 amide bonds. The Hall–Kier alpha value is -4.15. The van der Waals surface area contributed by atoms with Crippen LogP contribution in [0.3, 0.4) is 0 Å². The number of hydrogen-bond donors (Lipinski definition) is 1. The molecule has 0 unspecified atom stereocenters. The molecule has 11 heteroatoms. The van der Waals surface area contributed by atoms with Gasteiger partial charge in [0.1, 0.15) is 23.1 Å². The van der Waals surface area contributed by atoms with Gasteiger partial charge in [-0.3, -0.25) is 9.59 Å². The van der Waals surface area contributed by atoms with E-state index in [0.717, 1.165) is 36.4 Å². The molecule has 0 aliphatic heterocycles. The number of carbonyl (C=O) groups is 2. The number of carbonyl (C=O) groups excluding carboxylic acids is 2. The molecule has 0 atom stereocenters. The molecule has 0 spiro atoms. The highest BCUT2D eigenvalue weighted by Gasteiger charge is 2.31. The Kier molecular flexibility index (Phi) is 6.92. The first-order chi connectivity index (χ1) is 18.5. The van der Waals surface area contributed by atoms with Crippen LogP contribution in [0.5, 0.6) is 0 Å². The van der Waals surface area contributed by atoms with Gasteiger partial charge in [0.05, 0.1) is 11.4 Å². The number of rotatable bonds is 6. The summed E-state index contributed by atoms with van der Waals surface area (Å²) >= 11 is 6.25. The first-order valence-electron chi connectivity index (χ1n) is 11.5. The minimum atomic E-state index is -4.57. The number of amides is 1. The number of fused-ring (bicyclic) bond motifs is 1. The van der Waals surface area contributed by atoms with Crippen LogP contribution in [0.1, 0.15) is 28.0 Å². The molecule has 0 saturated carbocycles. The first kappa shape index (κ1) is 26.5. The van der Waals surface area contributed by atoms with Gasteiger partial charge in [0.2, 0.25) is 0 Å². The maximum Gasteiger partial charge on any atom is 0.282 e. The fourth-order valence-corrected chi connectivity index (χ4v) is 5.62. The molecule has 5 rings (SSSR count). The molecular weight excluding hydrogens is 553 g/mol. The van der Waals surface area contributed by atoms with Crippen LogP contribution in [0.2, 0.25) is 5.02 Å². The standard InChI is InChI=1S/C28H18ClF3N2O4S/c29-17-8-11-24-22(13-17)26(21-6-1-2-7-25(21)35)27(34(24)15-16-12-19(31)9-10-23(16)32)28(36)33-39(37,38)20-5-3-4-18(30)14-20/h1-6,8-14H,7,15H2,(H,33,36). The molecule has 198 valence electrons. The smallest absolute Gasteiger partial charge is 0.282 e. The topological polar surface area (TPSA) is 85.2 Å². The number of nitrogens with one attached hydrogen (secondary N) is 1. The normalized spacial score (nSPS) is 13.5. The molecule has 1 aromatic heterocycles. The van der Waals surface area contributed by atoms with Crippen molar-refractivity contribution in [1.82, 2.24) is 9.29 Å². The van der Waals surface area contributed by atoms with Crippen LogP contribution < -0.4 is 4.72 Å². The lowest BCUT2D eigenvalue weighted by Crippen LogP contribution is -2.33. The number of halogens is 4. The minimum Gasteiger partial charge on any atom is -0.331 e. The SMILES string of the molecule is O=C1CC=CC=C1c1c(C(=O)NS(=O)(=O)c2cccc(F)c2)n(Cc2cc(F)ccc2F)c2ccc(Cl)cc12. The van der Waals surface area contributed by atoms with E-state index in [-0.39, 0.29) is 46.2 Å². The number of benzene rings is 3. The Bertz CT molecular complexity index is 1850. The molecule has 1 N–H and O–H groups in total. The Balaban J connectivity index is 1.76. The van der Waals surface area contributed by atoms with E-state index in [2.05, 4.69) is 0 Å². The highest BCUT2D eigenvalue weighted by atomic mass is 35.5. The van der Waals surface area contributed by atoms with E-state index in [0.29, 0.717) is 10.9 Å². The van der Waals surface area contributed by atoms with Crippen LogP contribution >= 0.6 is 11.6 Å². The quantitative estimate of drug-likeness (QED) is 0.318. The maximum absolute atomic E-state index is 14.7. The molecular formula is C28H18ClF3N2O4S. The summed E-state index contributed by atoms with van der Waals surface area (Å²) in [4.78, 5) is 26.2. The summed E-state index contributed by atoms with van der Waals surface area (Å²) in [6, 6.07) is 11.4. The van der Waals surface area contributed by atoms with Crippen molar-refractivity contribution in [2.45, 2.75) is 17.9 Å². The van der Waals surface area contributed by atoms with Gasteiger partial charge in [-0.2, -0.15) is 0 Å². The van der Waals surface area contributed by atoms with Gasteiger partial charge in [0.25, 0.3) is 15.9 Å². The first-order valence-corrected chi connectivity index (χ1v) is 13.4. The van der Waals surface area contributed by atoms with Crippen LogP contribution in [0.15, 0.2) is 83.8 Å². The number of ketones is 1. The van der Waals surface area contributed by atoms with Gasteiger partial charge >= 0.3 is 0 Å². The van der Waals surface area contributed by atoms with Gasteiger partial charge in [-0.15, -0.1) is 0 Å². The summed E-state index contributed by atoms with van der Waals surface area (Å²) in [6.07, 6.45) is 4.74. The zero-order valence-corrected chi connectivity index (χ0v) is 21.5. The summed E-state index contributed by atoms with van der Waals surface area (Å²) in [5.74, 6) is -3.83. The third-order valence-electron chi connectivity index (χ3n) is 6.18. The minimum absolute atomic E-state index is 0.0280. The average molecular weight is 571 g/mol. The maximum atomic E-state index is 14.7. The van der Waals surface area contributed by atoms with E-state index in [1.165, 1.54) is 34.9 Å². The van der Waals surface area contributed by atoms with Crippen LogP contribution in [-0.2, 0) is 21.4 Å². The lowest BCUT2D eigenvalue weighted by molar-refractivity contribution is -0.113. The lowest BCUT2D eigenvalue weighted by Gasteiger charge is -2.15. The van der Waals surface area contributed by atoms with Crippen molar-refractivity contribution < 1.29 is 31.2 Å². The summed E-state index contributed by atoms with van der Waals surface area (Å²) in [6.45, 7) is -0.387. The van der Waals surface area contributed by atoms with E-state index in [4.69, 9.17) is 11.6 Å². The second-order valence-corrected chi connectivity index (χ2v) is 10.9. The molecule has 0 bridgehead atoms. The molecule has 1 heterocycles. The van der Waals surface area contributed by atoms with Gasteiger partial charge in [-0.05, 0) is 54.6 Å². The summed E-state index contributed by atoms with van der Waals surface area (Å²) in [7, 11) is -4.57. The molecule has 39 heavy (non-hydrogen) atoms. The number of aromatic nitrogens is 1. The van der Waals surface area contributed by atoms with E-state index in [1.54, 1.807) is 12.2 Å². The van der Waals surface area contributed by atoms with Crippen molar-refractivity contribution in [2.24, 2.45) is 0 Å². The molecule has 1 aliphatic rings. The van der Waals surface area contributed by atoms with E-state index >= 15 is 0 Å². The van der Waals surface area contributed by atoms with Gasteiger partial charge in [0, 0.05) is 39.0 Å². The van der Waals surface area contributed by atoms with Gasteiger partial charge in [-0.1, -0.05) is 35.9 Å². The Labute approximate surface area is 226 Å². The molecule has 0 radical (unpaired) electrons. The van der Waals surface area contributed by atoms with Crippen molar-refractivity contribution in [3.63, 3.8) is 0 Å². The van der Waals surface area contributed by atoms with Gasteiger partial charge in [-0.25, -0.2) is 26.3 Å². The zero-order chi connectivity index (χ0) is 27.9. The number of Topliss-reactive ketones (excluding diaryl/α,β-unsaturated/α-hetero) is 1. The largest absolute Gasteiger partial charge is 0.331 e. The summed E-state index contributed by atoms with van der Waals surface area (Å²) < 4.78 is 71.7. The van der Waals surface area contributed by atoms with Crippen molar-refractivity contribution in [2.75, 3.05) is 0 Å². The monoisotopic (exact) mass is 570 g/mol. The fourth-order valence-electron chi connectivity index (χ4n) is 4.46. The second kappa shape index (κ2) is 10.2. The molecule has 6 nitrogen and oxygen atoms in total. The average Bonchev–Trinajstić information content (AvgIpc) is 3.19. The fraction of sp³-hybridized carbons (Fsp3) is 0.0714. The summed E-state index contributed by atoms with van der Waals surface area (Å²) in [5.41, 5.74) is 0.0712. The van der Waals surface area contributed by atoms with Crippen molar-refractivity contribution >= 4 is 49.8 Å². The molecule has 0 saturated heterocycles. The molecule has 4 aromatic rings. The second-order valence-electron chi connectivity index (χ2n) is 8.73. The van der Waals surface area contributed by atoms with Crippen LogP contribution in [-0.4, -0.2) is 24.7 Å². The Morgan fingerprint density at radius 1 is 1.00 bits per heavy atom. The van der Waals surface area contributed by atoms with Crippen LogP contribution in [0.25, 0.3) is 16.5 Å². The van der Waals surface area contributed by atoms with E-state index in [1.807, 2.05) is 4.72 Å². The molecule has 0 fully saturated rings. The Morgan fingerprint density at radius 3 is 2.51 bits per heavy atom. The predicted molar refractivity (Wildman–Crippen MR) is 140 cm³/mol. The predicted octanol–water partition coefficient (Wildman–Crippen LogP) is 5.79. The van der Waals surface area contributed by atoms with Crippen molar-refractivity contribution in [3.8, 4) is 0 Å². The van der Waals surface area contributed by atoms with Crippen molar-refractivity contribution in [1.29, 1.82) is 0 Å². The number of nitrogens with zero attached hydrogens (tertiary/aromatic N) is 1. The molecule has 1 aliphatic carbocycles. The van der Waals surface area contributed by atoms with E-state index in [9.17, 15) is 31.2 Å². The number of sulfonamides is 1. The highest BCUT2D eigenvalue weighted by Crippen LogP contribution is 2.36. The van der Waals surface area contributed by atoms with Crippen LogP contribution in [0.4, 0.5) is 13.2 Å². The third-order valence-corrected chi connectivity index (χ3v) is 7.75. The number of hydrogen-bond acceptors (Lipinski definition) is 4. The summed E-state index contributed by atoms with van der Waals surface area (Å²) in [5, 5.41) is 0.582. The highest BCUT2D eigenvalue weighted by molar-refractivity contribution is 7.90. The van der Waals surface area contributed by atoms with Gasteiger partial charge < -0.3 is 4.57 Å². The van der Waals surface area contributed by atoms with Crippen LogP contribution in [0, 0.1) is 17.5 Å².